The molecule has 9 heteroatoms. The Kier molecular flexibility index (Phi) is 6.52. The van der Waals surface area contributed by atoms with E-state index in [-0.39, 0.29) is 36.2 Å². The summed E-state index contributed by atoms with van der Waals surface area (Å²) >= 11 is 1.64. The van der Waals surface area contributed by atoms with Crippen LogP contribution < -0.4 is 16.2 Å². The highest BCUT2D eigenvalue weighted by atomic mass is 35.5. The van der Waals surface area contributed by atoms with Crippen LogP contribution in [0.3, 0.4) is 0 Å². The third kappa shape index (κ3) is 4.18. The largest absolute Gasteiger partial charge is 0.391 e. The van der Waals surface area contributed by atoms with Crippen molar-refractivity contribution in [2.24, 2.45) is 5.92 Å². The molecule has 3 heterocycles. The molecule has 1 saturated heterocycles. The van der Waals surface area contributed by atoms with Crippen LogP contribution in [0.5, 0.6) is 0 Å². The average molecular weight is 413 g/mol. The quantitative estimate of drug-likeness (QED) is 0.676. The maximum Gasteiger partial charge on any atom is 0.262 e. The van der Waals surface area contributed by atoms with E-state index in [1.165, 1.54) is 16.9 Å². The molecule has 3 N–H and O–H groups in total. The number of carbonyl (C=O) groups excluding carboxylic acids is 1. The zero-order chi connectivity index (χ0) is 18.1. The molecule has 1 aliphatic heterocycles. The third-order valence-electron chi connectivity index (χ3n) is 5.39. The Balaban J connectivity index is 0.00000210. The Bertz CT molecular complexity index is 881. The highest BCUT2D eigenvalue weighted by molar-refractivity contribution is 7.18. The predicted octanol–water partition coefficient (Wildman–Crippen LogP) is 0.845. The molecule has 0 bridgehead atoms. The number of aryl methyl sites for hydroxylation is 3. The number of nitrogens with one attached hydrogen (secondary N) is 2. The molecule has 0 radical (unpaired) electrons. The number of thiophene rings is 1. The number of β-amino-alcohol motifs (C(OH)–C–C–N with tert-alkyl or cyclic N) is 1. The van der Waals surface area contributed by atoms with Gasteiger partial charge in [0.1, 0.15) is 4.83 Å². The van der Waals surface area contributed by atoms with Gasteiger partial charge in [-0.15, -0.1) is 23.7 Å². The monoisotopic (exact) mass is 412 g/mol. The minimum absolute atomic E-state index is 0. The van der Waals surface area contributed by atoms with Crippen LogP contribution in [0.15, 0.2) is 11.1 Å². The van der Waals surface area contributed by atoms with Crippen molar-refractivity contribution in [1.29, 1.82) is 0 Å². The van der Waals surface area contributed by atoms with Crippen LogP contribution in [0.2, 0.25) is 0 Å². The summed E-state index contributed by atoms with van der Waals surface area (Å²) in [5.74, 6) is -0.0551. The van der Waals surface area contributed by atoms with Crippen LogP contribution in [0, 0.1) is 5.92 Å². The van der Waals surface area contributed by atoms with E-state index in [4.69, 9.17) is 0 Å². The Morgan fingerprint density at radius 3 is 2.96 bits per heavy atom. The Hall–Kier alpha value is -1.48. The number of carbonyl (C=O) groups is 1. The fraction of sp³-hybridized carbons (Fsp3) is 0.611. The molecule has 0 aromatic carbocycles. The summed E-state index contributed by atoms with van der Waals surface area (Å²) in [6.07, 6.45) is 5.68. The summed E-state index contributed by atoms with van der Waals surface area (Å²) < 4.78 is 1.55. The molecular formula is C18H25ClN4O3S. The van der Waals surface area contributed by atoms with Gasteiger partial charge in [-0.25, -0.2) is 4.98 Å². The Morgan fingerprint density at radius 2 is 2.19 bits per heavy atom. The minimum Gasteiger partial charge on any atom is -0.391 e. The lowest BCUT2D eigenvalue weighted by molar-refractivity contribution is -0.121. The maximum atomic E-state index is 12.8. The second-order valence-electron chi connectivity index (χ2n) is 7.17. The number of rotatable bonds is 5. The number of nitrogens with zero attached hydrogens (tertiary/aromatic N) is 2. The van der Waals surface area contributed by atoms with Gasteiger partial charge in [-0.2, -0.15) is 0 Å². The van der Waals surface area contributed by atoms with E-state index in [1.807, 2.05) is 0 Å². The lowest BCUT2D eigenvalue weighted by Crippen LogP contribution is -2.35. The van der Waals surface area contributed by atoms with Crippen molar-refractivity contribution in [3.8, 4) is 0 Å². The molecule has 148 valence electrons. The second kappa shape index (κ2) is 8.68. The molecule has 0 spiro atoms. The number of amides is 1. The van der Waals surface area contributed by atoms with Gasteiger partial charge in [0.25, 0.3) is 5.56 Å². The molecule has 1 amide bonds. The van der Waals surface area contributed by atoms with Crippen LogP contribution in [-0.4, -0.2) is 46.3 Å². The molecule has 7 nitrogen and oxygen atoms in total. The number of aliphatic hydroxyl groups is 1. The molecule has 27 heavy (non-hydrogen) atoms. The van der Waals surface area contributed by atoms with E-state index in [9.17, 15) is 14.7 Å². The van der Waals surface area contributed by atoms with Crippen molar-refractivity contribution in [2.75, 3.05) is 19.6 Å². The molecule has 2 atom stereocenters. The smallest absolute Gasteiger partial charge is 0.262 e. The van der Waals surface area contributed by atoms with Gasteiger partial charge >= 0.3 is 0 Å². The highest BCUT2D eigenvalue weighted by Crippen LogP contribution is 2.33. The summed E-state index contributed by atoms with van der Waals surface area (Å²) in [5, 5.41) is 16.5. The number of hydrogen-bond acceptors (Lipinski definition) is 6. The van der Waals surface area contributed by atoms with Gasteiger partial charge in [0.2, 0.25) is 5.91 Å². The Labute approximate surface area is 167 Å². The molecule has 4 rings (SSSR count). The van der Waals surface area contributed by atoms with E-state index in [0.29, 0.717) is 26.2 Å². The zero-order valence-electron chi connectivity index (χ0n) is 15.1. The zero-order valence-corrected chi connectivity index (χ0v) is 16.7. The van der Waals surface area contributed by atoms with Gasteiger partial charge in [0, 0.05) is 43.4 Å². The van der Waals surface area contributed by atoms with E-state index in [1.54, 1.807) is 22.2 Å². The molecule has 1 aliphatic carbocycles. The fourth-order valence-corrected chi connectivity index (χ4v) is 5.04. The first-order chi connectivity index (χ1) is 12.6. The summed E-state index contributed by atoms with van der Waals surface area (Å²) in [5.41, 5.74) is 1.15. The molecule has 0 saturated carbocycles. The highest BCUT2D eigenvalue weighted by Gasteiger charge is 2.25. The topological polar surface area (TPSA) is 96.2 Å². The van der Waals surface area contributed by atoms with Crippen molar-refractivity contribution in [3.05, 3.63) is 27.1 Å². The van der Waals surface area contributed by atoms with Crippen molar-refractivity contribution in [3.63, 3.8) is 0 Å². The molecule has 2 aliphatic rings. The van der Waals surface area contributed by atoms with Crippen LogP contribution in [0.1, 0.15) is 29.7 Å². The fourth-order valence-electron chi connectivity index (χ4n) is 3.82. The van der Waals surface area contributed by atoms with Gasteiger partial charge in [-0.05, 0) is 31.2 Å². The summed E-state index contributed by atoms with van der Waals surface area (Å²) in [7, 11) is 0. The van der Waals surface area contributed by atoms with Crippen molar-refractivity contribution in [1.82, 2.24) is 20.2 Å². The molecule has 1 fully saturated rings. The minimum atomic E-state index is -0.408. The number of aromatic nitrogens is 2. The summed E-state index contributed by atoms with van der Waals surface area (Å²) in [4.78, 5) is 31.5. The van der Waals surface area contributed by atoms with E-state index in [0.717, 1.165) is 29.5 Å². The van der Waals surface area contributed by atoms with E-state index >= 15 is 0 Å². The van der Waals surface area contributed by atoms with Crippen molar-refractivity contribution >= 4 is 39.9 Å². The molecule has 2 aromatic heterocycles. The van der Waals surface area contributed by atoms with Gasteiger partial charge in [-0.3, -0.25) is 14.2 Å². The summed E-state index contributed by atoms with van der Waals surface area (Å²) in [6.45, 7) is 2.07. The summed E-state index contributed by atoms with van der Waals surface area (Å²) in [6, 6.07) is 0. The van der Waals surface area contributed by atoms with Crippen molar-refractivity contribution in [2.45, 2.75) is 44.8 Å². The molecule has 2 aromatic rings. The number of halogens is 1. The van der Waals surface area contributed by atoms with Gasteiger partial charge in [0.15, 0.2) is 0 Å². The number of aliphatic hydroxyl groups excluding tert-OH is 1. The first-order valence-corrected chi connectivity index (χ1v) is 10.1. The van der Waals surface area contributed by atoms with Gasteiger partial charge in [-0.1, -0.05) is 0 Å². The van der Waals surface area contributed by atoms with Gasteiger partial charge < -0.3 is 15.7 Å². The lowest BCUT2D eigenvalue weighted by atomic mass is 9.97. The van der Waals surface area contributed by atoms with E-state index in [2.05, 4.69) is 15.6 Å². The number of hydrogen-bond donors (Lipinski definition) is 3. The third-order valence-corrected chi connectivity index (χ3v) is 6.59. The predicted molar refractivity (Wildman–Crippen MR) is 108 cm³/mol. The second-order valence-corrected chi connectivity index (χ2v) is 8.26. The molecular weight excluding hydrogens is 388 g/mol. The van der Waals surface area contributed by atoms with Crippen LogP contribution in [0.25, 0.3) is 10.2 Å². The van der Waals surface area contributed by atoms with Crippen LogP contribution in [0.4, 0.5) is 0 Å². The van der Waals surface area contributed by atoms with E-state index < -0.39 is 6.10 Å². The lowest BCUT2D eigenvalue weighted by Gasteiger charge is -2.14. The SMILES string of the molecule is Cl.O=C(CCn1cnc2sc3c(c2c1=O)CCCC3)NCC1CNCC1O. The number of fused-ring (bicyclic) bond motifs is 3. The van der Waals surface area contributed by atoms with Crippen LogP contribution >= 0.6 is 23.7 Å². The Morgan fingerprint density at radius 1 is 1.37 bits per heavy atom. The molecule has 2 unspecified atom stereocenters. The normalized spacial score (nSPS) is 21.7. The first-order valence-electron chi connectivity index (χ1n) is 9.28. The average Bonchev–Trinajstić information content (AvgIpc) is 3.22. The van der Waals surface area contributed by atoms with Gasteiger partial charge in [0.05, 0.1) is 17.8 Å². The van der Waals surface area contributed by atoms with Crippen molar-refractivity contribution < 1.29 is 9.90 Å². The maximum absolute atomic E-state index is 12.8. The van der Waals surface area contributed by atoms with Crippen LogP contribution in [-0.2, 0) is 24.2 Å². The first kappa shape index (κ1) is 20.3. The standard InChI is InChI=1S/C18H24N4O3S.ClH/c23-13-9-19-7-11(13)8-20-15(24)5-6-22-10-21-17-16(18(22)25)12-3-1-2-4-14(12)26-17;/h10-11,13,19,23H,1-9H2,(H,20,24);1H.